The molecule has 1 aromatic carbocycles. The number of rotatable bonds is 5. The zero-order valence-corrected chi connectivity index (χ0v) is 11.9. The molecule has 1 heterocycles. The van der Waals surface area contributed by atoms with Crippen LogP contribution in [0, 0.1) is 6.92 Å². The Hall–Kier alpha value is -1.82. The largest absolute Gasteiger partial charge is 0.492 e. The highest BCUT2D eigenvalue weighted by atomic mass is 79.9. The Labute approximate surface area is 119 Å². The number of ether oxygens (including phenoxy) is 1. The number of carbonyl (C=O) groups is 1. The molecule has 0 saturated carbocycles. The molecule has 0 bridgehead atoms. The predicted octanol–water partition coefficient (Wildman–Crippen LogP) is 2.73. The second-order valence-electron chi connectivity index (χ2n) is 3.95. The molecule has 2 rings (SSSR count). The summed E-state index contributed by atoms with van der Waals surface area (Å²) in [5.74, 6) is 0.430. The molecule has 1 aromatic heterocycles. The van der Waals surface area contributed by atoms with Crippen molar-refractivity contribution in [2.75, 3.05) is 6.61 Å². The van der Waals surface area contributed by atoms with Gasteiger partial charge in [-0.25, -0.2) is 9.78 Å². The molecule has 0 aliphatic heterocycles. The maximum Gasteiger partial charge on any atom is 0.354 e. The number of benzene rings is 1. The van der Waals surface area contributed by atoms with Crippen molar-refractivity contribution in [3.63, 3.8) is 0 Å². The topological polar surface area (TPSA) is 64.3 Å². The second kappa shape index (κ2) is 5.88. The van der Waals surface area contributed by atoms with Gasteiger partial charge in [-0.3, -0.25) is 0 Å². The van der Waals surface area contributed by atoms with Gasteiger partial charge in [0, 0.05) is 4.47 Å². The summed E-state index contributed by atoms with van der Waals surface area (Å²) in [6, 6.07) is 7.48. The van der Waals surface area contributed by atoms with Crippen LogP contribution in [0.15, 0.2) is 34.9 Å². The Morgan fingerprint density at radius 1 is 1.42 bits per heavy atom. The number of aromatic nitrogens is 2. The third-order valence-electron chi connectivity index (χ3n) is 2.67. The van der Waals surface area contributed by atoms with E-state index in [0.717, 1.165) is 10.2 Å². The lowest BCUT2D eigenvalue weighted by molar-refractivity contribution is 0.0683. The van der Waals surface area contributed by atoms with E-state index in [1.807, 2.05) is 24.3 Å². The van der Waals surface area contributed by atoms with Crippen LogP contribution in [0.25, 0.3) is 0 Å². The summed E-state index contributed by atoms with van der Waals surface area (Å²) in [6.07, 6.45) is 1.36. The molecule has 0 aliphatic rings. The first-order chi connectivity index (χ1) is 9.08. The SMILES string of the molecule is Cc1ncc(C(=O)O)n1CCOc1ccc(Br)cc1. The first-order valence-corrected chi connectivity index (χ1v) is 6.51. The molecule has 0 fully saturated rings. The molecular formula is C13H13BrN2O3. The number of halogens is 1. The molecule has 1 N–H and O–H groups in total. The van der Waals surface area contributed by atoms with Crippen molar-refractivity contribution in [2.24, 2.45) is 0 Å². The van der Waals surface area contributed by atoms with Crippen LogP contribution in [0.4, 0.5) is 0 Å². The van der Waals surface area contributed by atoms with E-state index in [1.54, 1.807) is 11.5 Å². The molecule has 0 saturated heterocycles. The summed E-state index contributed by atoms with van der Waals surface area (Å²) in [5, 5.41) is 9.02. The zero-order chi connectivity index (χ0) is 13.8. The van der Waals surface area contributed by atoms with Gasteiger partial charge in [0.1, 0.15) is 23.9 Å². The third-order valence-corrected chi connectivity index (χ3v) is 3.20. The minimum Gasteiger partial charge on any atom is -0.492 e. The smallest absolute Gasteiger partial charge is 0.354 e. The summed E-state index contributed by atoms with van der Waals surface area (Å²) < 4.78 is 8.17. The highest BCUT2D eigenvalue weighted by Crippen LogP contribution is 2.16. The summed E-state index contributed by atoms with van der Waals surface area (Å²) >= 11 is 3.35. The van der Waals surface area contributed by atoms with Gasteiger partial charge in [-0.1, -0.05) is 15.9 Å². The number of carboxylic acid groups (broad SMARTS) is 1. The van der Waals surface area contributed by atoms with E-state index in [-0.39, 0.29) is 5.69 Å². The maximum atomic E-state index is 11.0. The minimum atomic E-state index is -0.982. The summed E-state index contributed by atoms with van der Waals surface area (Å²) in [7, 11) is 0. The Morgan fingerprint density at radius 2 is 2.11 bits per heavy atom. The highest BCUT2D eigenvalue weighted by molar-refractivity contribution is 9.10. The molecule has 100 valence electrons. The standard InChI is InChI=1S/C13H13BrN2O3/c1-9-15-8-12(13(17)18)16(9)6-7-19-11-4-2-10(14)3-5-11/h2-5,8H,6-7H2,1H3,(H,17,18). The van der Waals surface area contributed by atoms with Crippen LogP contribution in [0.5, 0.6) is 5.75 Å². The van der Waals surface area contributed by atoms with Gasteiger partial charge in [-0.05, 0) is 31.2 Å². The summed E-state index contributed by atoms with van der Waals surface area (Å²) in [6.45, 7) is 2.61. The lowest BCUT2D eigenvalue weighted by Gasteiger charge is -2.09. The van der Waals surface area contributed by atoms with E-state index in [0.29, 0.717) is 19.0 Å². The quantitative estimate of drug-likeness (QED) is 0.918. The van der Waals surface area contributed by atoms with Gasteiger partial charge in [-0.2, -0.15) is 0 Å². The average Bonchev–Trinajstić information content (AvgIpc) is 2.74. The second-order valence-corrected chi connectivity index (χ2v) is 4.87. The van der Waals surface area contributed by atoms with Crippen LogP contribution in [0.3, 0.4) is 0 Å². The summed E-state index contributed by atoms with van der Waals surface area (Å²) in [5.41, 5.74) is 0.178. The number of imidazole rings is 1. The van der Waals surface area contributed by atoms with Crippen molar-refractivity contribution in [3.05, 3.63) is 46.5 Å². The van der Waals surface area contributed by atoms with Crippen LogP contribution in [-0.2, 0) is 6.54 Å². The van der Waals surface area contributed by atoms with Crippen molar-refractivity contribution in [1.82, 2.24) is 9.55 Å². The molecule has 0 aliphatic carbocycles. The van der Waals surface area contributed by atoms with E-state index >= 15 is 0 Å². The van der Waals surface area contributed by atoms with E-state index in [2.05, 4.69) is 20.9 Å². The van der Waals surface area contributed by atoms with Crippen molar-refractivity contribution in [2.45, 2.75) is 13.5 Å². The van der Waals surface area contributed by atoms with Crippen LogP contribution >= 0.6 is 15.9 Å². The van der Waals surface area contributed by atoms with Gasteiger partial charge >= 0.3 is 5.97 Å². The Balaban J connectivity index is 1.97. The van der Waals surface area contributed by atoms with Crippen molar-refractivity contribution >= 4 is 21.9 Å². The number of aromatic carboxylic acids is 1. The first kappa shape index (κ1) is 13.6. The molecular weight excluding hydrogens is 312 g/mol. The molecule has 5 nitrogen and oxygen atoms in total. The number of hydrogen-bond donors (Lipinski definition) is 1. The molecule has 19 heavy (non-hydrogen) atoms. The normalized spacial score (nSPS) is 10.4. The molecule has 0 unspecified atom stereocenters. The lowest BCUT2D eigenvalue weighted by atomic mass is 10.3. The minimum absolute atomic E-state index is 0.178. The van der Waals surface area contributed by atoms with Crippen LogP contribution in [0.2, 0.25) is 0 Å². The van der Waals surface area contributed by atoms with Gasteiger partial charge in [0.15, 0.2) is 0 Å². The fraction of sp³-hybridized carbons (Fsp3) is 0.231. The summed E-state index contributed by atoms with van der Waals surface area (Å²) in [4.78, 5) is 15.0. The fourth-order valence-corrected chi connectivity index (χ4v) is 1.97. The van der Waals surface area contributed by atoms with Gasteiger partial charge in [0.2, 0.25) is 0 Å². The molecule has 0 amide bonds. The Kier molecular flexibility index (Phi) is 4.21. The first-order valence-electron chi connectivity index (χ1n) is 5.71. The van der Waals surface area contributed by atoms with Crippen LogP contribution < -0.4 is 4.74 Å². The van der Waals surface area contributed by atoms with E-state index in [4.69, 9.17) is 9.84 Å². The van der Waals surface area contributed by atoms with E-state index < -0.39 is 5.97 Å². The van der Waals surface area contributed by atoms with Gasteiger partial charge in [0.25, 0.3) is 0 Å². The van der Waals surface area contributed by atoms with Gasteiger partial charge in [-0.15, -0.1) is 0 Å². The highest BCUT2D eigenvalue weighted by Gasteiger charge is 2.12. The monoisotopic (exact) mass is 324 g/mol. The fourth-order valence-electron chi connectivity index (χ4n) is 1.71. The molecule has 2 aromatic rings. The maximum absolute atomic E-state index is 11.0. The molecule has 0 spiro atoms. The predicted molar refractivity (Wildman–Crippen MR) is 73.6 cm³/mol. The average molecular weight is 325 g/mol. The van der Waals surface area contributed by atoms with Crippen molar-refractivity contribution in [1.29, 1.82) is 0 Å². The van der Waals surface area contributed by atoms with Crippen LogP contribution in [-0.4, -0.2) is 27.2 Å². The zero-order valence-electron chi connectivity index (χ0n) is 10.3. The van der Waals surface area contributed by atoms with Gasteiger partial charge < -0.3 is 14.4 Å². The third kappa shape index (κ3) is 3.35. The van der Waals surface area contributed by atoms with Crippen molar-refractivity contribution in [3.8, 4) is 5.75 Å². The molecule has 0 atom stereocenters. The number of hydrogen-bond acceptors (Lipinski definition) is 3. The number of nitrogens with zero attached hydrogens (tertiary/aromatic N) is 2. The molecule has 6 heteroatoms. The number of aryl methyl sites for hydroxylation is 1. The number of carboxylic acids is 1. The van der Waals surface area contributed by atoms with Crippen LogP contribution in [0.1, 0.15) is 16.3 Å². The van der Waals surface area contributed by atoms with E-state index in [9.17, 15) is 4.79 Å². The lowest BCUT2D eigenvalue weighted by Crippen LogP contribution is -2.15. The molecule has 0 radical (unpaired) electrons. The van der Waals surface area contributed by atoms with Crippen molar-refractivity contribution < 1.29 is 14.6 Å². The van der Waals surface area contributed by atoms with Gasteiger partial charge in [0.05, 0.1) is 12.7 Å². The Morgan fingerprint density at radius 3 is 2.74 bits per heavy atom. The Bertz CT molecular complexity index is 578. The van der Waals surface area contributed by atoms with E-state index in [1.165, 1.54) is 6.20 Å².